The Kier molecular flexibility index (Phi) is 7.79. The lowest BCUT2D eigenvalue weighted by Gasteiger charge is -2.30. The number of carboxylic acid groups (broad SMARTS) is 1. The van der Waals surface area contributed by atoms with Gasteiger partial charge in [0.25, 0.3) is 0 Å². The molecule has 1 aromatic heterocycles. The van der Waals surface area contributed by atoms with E-state index in [1.807, 2.05) is 60.4 Å². The first-order valence-electron chi connectivity index (χ1n) is 13.4. The lowest BCUT2D eigenvalue weighted by Crippen LogP contribution is -2.41. The van der Waals surface area contributed by atoms with Crippen LogP contribution >= 0.6 is 0 Å². The highest BCUT2D eigenvalue weighted by Gasteiger charge is 2.48. The smallest absolute Gasteiger partial charge is 0.309 e. The van der Waals surface area contributed by atoms with E-state index in [0.29, 0.717) is 18.7 Å². The largest absolute Gasteiger partial charge is 0.481 e. The first kappa shape index (κ1) is 26.6. The molecule has 1 aliphatic rings. The van der Waals surface area contributed by atoms with Gasteiger partial charge in [-0.2, -0.15) is 0 Å². The molecule has 0 saturated carbocycles. The molecule has 202 valence electrons. The summed E-state index contributed by atoms with van der Waals surface area (Å²) in [7, 11) is 0. The number of fused-ring (bicyclic) bond motifs is 1. The number of amides is 1. The molecule has 0 radical (unpaired) electrons. The molecule has 5 rings (SSSR count). The van der Waals surface area contributed by atoms with Crippen LogP contribution in [0.4, 0.5) is 10.1 Å². The Morgan fingerprint density at radius 3 is 2.54 bits per heavy atom. The van der Waals surface area contributed by atoms with E-state index in [-0.39, 0.29) is 18.4 Å². The second kappa shape index (κ2) is 11.4. The zero-order valence-corrected chi connectivity index (χ0v) is 22.2. The molecular weight excluding hydrogens is 495 g/mol. The van der Waals surface area contributed by atoms with E-state index in [2.05, 4.69) is 6.92 Å². The fourth-order valence-corrected chi connectivity index (χ4v) is 5.77. The minimum Gasteiger partial charge on any atom is -0.481 e. The average Bonchev–Trinajstić information content (AvgIpc) is 3.54. The molecule has 0 bridgehead atoms. The highest BCUT2D eigenvalue weighted by atomic mass is 19.1. The van der Waals surface area contributed by atoms with Crippen molar-refractivity contribution in [3.63, 3.8) is 0 Å². The topological polar surface area (TPSA) is 74.0 Å². The molecule has 1 saturated heterocycles. The summed E-state index contributed by atoms with van der Waals surface area (Å²) in [5.74, 6) is -2.61. The number of furan rings is 1. The molecule has 4 aromatic rings. The normalized spacial score (nSPS) is 19.4. The number of likely N-dealkylation sites (tertiary alicyclic amines) is 1. The predicted molar refractivity (Wildman–Crippen MR) is 149 cm³/mol. The maximum Gasteiger partial charge on any atom is 0.309 e. The van der Waals surface area contributed by atoms with Gasteiger partial charge in [-0.25, -0.2) is 4.39 Å². The summed E-state index contributed by atoms with van der Waals surface area (Å²) in [6.45, 7) is 5.09. The van der Waals surface area contributed by atoms with E-state index in [1.54, 1.807) is 23.3 Å². The Morgan fingerprint density at radius 2 is 1.82 bits per heavy atom. The summed E-state index contributed by atoms with van der Waals surface area (Å²) >= 11 is 0. The van der Waals surface area contributed by atoms with E-state index in [0.717, 1.165) is 40.6 Å². The van der Waals surface area contributed by atoms with Crippen molar-refractivity contribution in [2.75, 3.05) is 24.5 Å². The number of hydrogen-bond acceptors (Lipinski definition) is 4. The number of anilines is 1. The van der Waals surface area contributed by atoms with Gasteiger partial charge in [-0.05, 0) is 72.5 Å². The lowest BCUT2D eigenvalue weighted by atomic mass is 9.82. The molecule has 2 heterocycles. The SMILES string of the molecule is CCCCN(C(=O)CN1CC(c2ccc3occc3c2)C(C(=O)O)C1c1ccc(F)cc1)c1cccc(C)c1. The van der Waals surface area contributed by atoms with Gasteiger partial charge in [0.2, 0.25) is 5.91 Å². The lowest BCUT2D eigenvalue weighted by molar-refractivity contribution is -0.143. The van der Waals surface area contributed by atoms with E-state index < -0.39 is 23.7 Å². The fourth-order valence-electron chi connectivity index (χ4n) is 5.77. The Bertz CT molecular complexity index is 1460. The second-order valence-corrected chi connectivity index (χ2v) is 10.4. The molecule has 1 N–H and O–H groups in total. The van der Waals surface area contributed by atoms with Crippen LogP contribution in [0, 0.1) is 18.7 Å². The van der Waals surface area contributed by atoms with Crippen molar-refractivity contribution in [3.8, 4) is 0 Å². The Labute approximate surface area is 227 Å². The van der Waals surface area contributed by atoms with Crippen LogP contribution in [0.5, 0.6) is 0 Å². The molecule has 1 aliphatic heterocycles. The molecular formula is C32H33FN2O4. The van der Waals surface area contributed by atoms with Crippen LogP contribution in [0.15, 0.2) is 83.5 Å². The van der Waals surface area contributed by atoms with Gasteiger partial charge >= 0.3 is 5.97 Å². The number of carbonyl (C=O) groups is 2. The number of benzene rings is 3. The predicted octanol–water partition coefficient (Wildman–Crippen LogP) is 6.55. The quantitative estimate of drug-likeness (QED) is 0.267. The summed E-state index contributed by atoms with van der Waals surface area (Å²) < 4.78 is 19.3. The molecule has 6 nitrogen and oxygen atoms in total. The number of aliphatic carboxylic acids is 1. The van der Waals surface area contributed by atoms with Crippen LogP contribution in [-0.4, -0.2) is 41.5 Å². The van der Waals surface area contributed by atoms with Crippen LogP contribution in [0.25, 0.3) is 11.0 Å². The zero-order chi connectivity index (χ0) is 27.5. The van der Waals surface area contributed by atoms with E-state index in [1.165, 1.54) is 12.1 Å². The van der Waals surface area contributed by atoms with Gasteiger partial charge in [0.05, 0.1) is 18.7 Å². The fraction of sp³-hybridized carbons (Fsp3) is 0.312. The second-order valence-electron chi connectivity index (χ2n) is 10.4. The minimum atomic E-state index is -0.946. The van der Waals surface area contributed by atoms with E-state index in [4.69, 9.17) is 4.42 Å². The number of nitrogens with zero attached hydrogens (tertiary/aromatic N) is 2. The number of aryl methyl sites for hydroxylation is 1. The first-order valence-corrected chi connectivity index (χ1v) is 13.4. The van der Waals surface area contributed by atoms with Crippen LogP contribution in [0.3, 0.4) is 0 Å². The molecule has 39 heavy (non-hydrogen) atoms. The first-order chi connectivity index (χ1) is 18.9. The van der Waals surface area contributed by atoms with Crippen LogP contribution in [-0.2, 0) is 9.59 Å². The monoisotopic (exact) mass is 528 g/mol. The third-order valence-electron chi connectivity index (χ3n) is 7.69. The molecule has 0 aliphatic carbocycles. The van der Waals surface area contributed by atoms with Crippen LogP contribution in [0.2, 0.25) is 0 Å². The molecule has 0 spiro atoms. The summed E-state index contributed by atoms with van der Waals surface area (Å²) in [4.78, 5) is 30.4. The number of hydrogen-bond donors (Lipinski definition) is 1. The molecule has 3 atom stereocenters. The van der Waals surface area contributed by atoms with Crippen LogP contribution in [0.1, 0.15) is 48.4 Å². The molecule has 7 heteroatoms. The standard InChI is InChI=1S/C32H33FN2O4/c1-3-4-15-35(26-7-5-6-21(2)17-26)29(36)20-34-19-27(23-10-13-28-24(18-23)14-16-39-28)30(32(37)38)31(34)22-8-11-25(33)12-9-22/h5-14,16-18,27,30-31H,3-4,15,19-20H2,1-2H3,(H,37,38). The van der Waals surface area contributed by atoms with Gasteiger partial charge in [-0.15, -0.1) is 0 Å². The van der Waals surface area contributed by atoms with Crippen molar-refractivity contribution in [3.05, 3.63) is 102 Å². The highest BCUT2D eigenvalue weighted by Crippen LogP contribution is 2.46. The summed E-state index contributed by atoms with van der Waals surface area (Å²) in [5.41, 5.74) is 4.19. The molecule has 1 fully saturated rings. The summed E-state index contributed by atoms with van der Waals surface area (Å²) in [6.07, 6.45) is 3.41. The van der Waals surface area contributed by atoms with E-state index in [9.17, 15) is 19.1 Å². The third-order valence-corrected chi connectivity index (χ3v) is 7.69. The van der Waals surface area contributed by atoms with Crippen molar-refractivity contribution in [1.82, 2.24) is 4.90 Å². The van der Waals surface area contributed by atoms with Gasteiger partial charge in [0, 0.05) is 36.1 Å². The minimum absolute atomic E-state index is 0.0495. The van der Waals surface area contributed by atoms with Crippen molar-refractivity contribution in [1.29, 1.82) is 0 Å². The number of rotatable bonds is 9. The Hall–Kier alpha value is -3.97. The van der Waals surface area contributed by atoms with Gasteiger partial charge in [-0.1, -0.05) is 43.7 Å². The van der Waals surface area contributed by atoms with E-state index >= 15 is 0 Å². The number of halogens is 1. The maximum atomic E-state index is 13.9. The number of unbranched alkanes of at least 4 members (excludes halogenated alkanes) is 1. The van der Waals surface area contributed by atoms with Gasteiger partial charge in [0.1, 0.15) is 11.4 Å². The summed E-state index contributed by atoms with van der Waals surface area (Å²) in [6, 6.07) is 20.8. The maximum absolute atomic E-state index is 13.9. The molecule has 3 unspecified atom stereocenters. The highest BCUT2D eigenvalue weighted by molar-refractivity contribution is 5.95. The summed E-state index contributed by atoms with van der Waals surface area (Å²) in [5, 5.41) is 11.4. The zero-order valence-electron chi connectivity index (χ0n) is 22.2. The van der Waals surface area contributed by atoms with Gasteiger partial charge in [0.15, 0.2) is 0 Å². The number of carbonyl (C=O) groups excluding carboxylic acids is 1. The number of carboxylic acids is 1. The third kappa shape index (κ3) is 5.59. The molecule has 1 amide bonds. The van der Waals surface area contributed by atoms with Crippen molar-refractivity contribution >= 4 is 28.5 Å². The van der Waals surface area contributed by atoms with Crippen molar-refractivity contribution in [2.45, 2.75) is 38.6 Å². The molecule has 3 aromatic carbocycles. The van der Waals surface area contributed by atoms with Crippen molar-refractivity contribution in [2.24, 2.45) is 5.92 Å². The average molecular weight is 529 g/mol. The van der Waals surface area contributed by atoms with Crippen molar-refractivity contribution < 1.29 is 23.5 Å². The van der Waals surface area contributed by atoms with Crippen LogP contribution < -0.4 is 4.90 Å². The van der Waals surface area contributed by atoms with Gasteiger partial charge < -0.3 is 14.4 Å². The van der Waals surface area contributed by atoms with Gasteiger partial charge in [-0.3, -0.25) is 14.5 Å². The Balaban J connectivity index is 1.52. The Morgan fingerprint density at radius 1 is 1.05 bits per heavy atom.